The van der Waals surface area contributed by atoms with Gasteiger partial charge in [-0.05, 0) is 83.9 Å². The summed E-state index contributed by atoms with van der Waals surface area (Å²) in [4.78, 5) is 18.3. The summed E-state index contributed by atoms with van der Waals surface area (Å²) in [6, 6.07) is 56.0. The molecule has 0 saturated heterocycles. The van der Waals surface area contributed by atoms with Crippen LogP contribution in [0.4, 0.5) is 57.1 Å². The second-order valence-corrected chi connectivity index (χ2v) is 14.6. The molecule has 53 heavy (non-hydrogen) atoms. The van der Waals surface area contributed by atoms with Crippen LogP contribution in [0, 0.1) is 17.9 Å². The average Bonchev–Trinajstić information content (AvgIpc) is 3.20. The van der Waals surface area contributed by atoms with Crippen LogP contribution in [-0.4, -0.2) is 4.98 Å². The highest BCUT2D eigenvalue weighted by Crippen LogP contribution is 2.55. The Kier molecular flexibility index (Phi) is 7.73. The first kappa shape index (κ1) is 32.1. The molecule has 252 valence electrons. The fraction of sp³-hybridized carbons (Fsp3) is 0.0652. The Hall–Kier alpha value is -6.80. The van der Waals surface area contributed by atoms with Crippen molar-refractivity contribution >= 4 is 68.9 Å². The Morgan fingerprint density at radius 3 is 1.57 bits per heavy atom. The molecule has 6 nitrogen and oxygen atoms in total. The number of para-hydroxylation sites is 4. The Morgan fingerprint density at radius 1 is 0.604 bits per heavy atom. The molecule has 9 rings (SSSR count). The molecule has 0 unspecified atom stereocenters. The SMILES string of the molecule is [C-]#[N+]c1ccc(N(c2ccc(C#N)cc2)c2cc(N3c4ccccc4Sc4ccccc43)nc(N3c4ccccc4C(C)(C)c4ccccc43)c2)cc1. The van der Waals surface area contributed by atoms with Gasteiger partial charge in [0.25, 0.3) is 0 Å². The van der Waals surface area contributed by atoms with E-state index in [4.69, 9.17) is 11.6 Å². The normalized spacial score (nSPS) is 13.4. The minimum Gasteiger partial charge on any atom is -0.310 e. The van der Waals surface area contributed by atoms with E-state index >= 15 is 0 Å². The molecule has 7 aromatic rings. The van der Waals surface area contributed by atoms with E-state index in [1.807, 2.05) is 48.5 Å². The van der Waals surface area contributed by atoms with Crippen molar-refractivity contribution in [2.45, 2.75) is 29.1 Å². The molecule has 0 N–H and O–H groups in total. The number of benzene rings is 6. The lowest BCUT2D eigenvalue weighted by atomic mass is 9.73. The third-order valence-electron chi connectivity index (χ3n) is 10.1. The van der Waals surface area contributed by atoms with Gasteiger partial charge in [-0.15, -0.1) is 0 Å². The van der Waals surface area contributed by atoms with Crippen molar-refractivity contribution < 1.29 is 0 Å². The topological polar surface area (TPSA) is 50.8 Å². The van der Waals surface area contributed by atoms with Gasteiger partial charge in [-0.1, -0.05) is 98.4 Å². The van der Waals surface area contributed by atoms with Gasteiger partial charge in [0.05, 0.1) is 46.6 Å². The lowest BCUT2D eigenvalue weighted by Crippen LogP contribution is -2.31. The van der Waals surface area contributed by atoms with Gasteiger partial charge in [0.2, 0.25) is 0 Å². The summed E-state index contributed by atoms with van der Waals surface area (Å²) in [6.45, 7) is 12.2. The number of hydrogen-bond acceptors (Lipinski definition) is 6. The molecule has 0 radical (unpaired) electrons. The van der Waals surface area contributed by atoms with Gasteiger partial charge in [-0.2, -0.15) is 5.26 Å². The number of aromatic nitrogens is 1. The summed E-state index contributed by atoms with van der Waals surface area (Å²) in [5, 5.41) is 9.66. The van der Waals surface area contributed by atoms with Crippen LogP contribution in [0.15, 0.2) is 168 Å². The van der Waals surface area contributed by atoms with Crippen LogP contribution >= 0.6 is 11.8 Å². The second kappa shape index (κ2) is 12.8. The standard InChI is InChI=1S/C46H32N6S/c1-46(2)36-12-4-6-14-38(36)51(39-15-7-5-13-37(39)46)44-28-35(50(33-24-20-31(30-47)21-25-33)34-26-22-32(48-3)23-27-34)29-45(49-44)52-40-16-8-10-18-42(40)53-43-19-11-9-17-41(43)52/h4-29H,1-2H3. The summed E-state index contributed by atoms with van der Waals surface area (Å²) in [5.41, 5.74) is 10.2. The van der Waals surface area contributed by atoms with Crippen molar-refractivity contribution in [2.75, 3.05) is 14.7 Å². The maximum atomic E-state index is 9.66. The zero-order valence-electron chi connectivity index (χ0n) is 29.1. The first-order valence-electron chi connectivity index (χ1n) is 17.4. The van der Waals surface area contributed by atoms with E-state index in [9.17, 15) is 5.26 Å². The molecule has 6 aromatic carbocycles. The van der Waals surface area contributed by atoms with Crippen LogP contribution in [0.2, 0.25) is 0 Å². The zero-order chi connectivity index (χ0) is 36.1. The van der Waals surface area contributed by atoms with Crippen molar-refractivity contribution in [3.05, 3.63) is 186 Å². The highest BCUT2D eigenvalue weighted by molar-refractivity contribution is 7.99. The Bertz CT molecular complexity index is 2460. The predicted molar refractivity (Wildman–Crippen MR) is 216 cm³/mol. The largest absolute Gasteiger partial charge is 0.310 e. The van der Waals surface area contributed by atoms with E-state index in [1.165, 1.54) is 11.1 Å². The van der Waals surface area contributed by atoms with Gasteiger partial charge < -0.3 is 4.90 Å². The molecule has 2 aliphatic rings. The molecular weight excluding hydrogens is 669 g/mol. The fourth-order valence-electron chi connectivity index (χ4n) is 7.52. The van der Waals surface area contributed by atoms with Crippen LogP contribution in [0.25, 0.3) is 4.85 Å². The molecule has 2 aliphatic heterocycles. The zero-order valence-corrected chi connectivity index (χ0v) is 29.9. The van der Waals surface area contributed by atoms with Gasteiger partial charge in [0.15, 0.2) is 5.69 Å². The third-order valence-corrected chi connectivity index (χ3v) is 11.2. The number of anilines is 9. The van der Waals surface area contributed by atoms with Crippen LogP contribution in [0.1, 0.15) is 30.5 Å². The van der Waals surface area contributed by atoms with Crippen molar-refractivity contribution in [3.8, 4) is 6.07 Å². The minimum absolute atomic E-state index is 0.231. The van der Waals surface area contributed by atoms with E-state index in [-0.39, 0.29) is 5.41 Å². The smallest absolute Gasteiger partial charge is 0.187 e. The quantitative estimate of drug-likeness (QED) is 0.167. The molecule has 1 aromatic heterocycles. The molecule has 0 saturated carbocycles. The first-order chi connectivity index (χ1) is 25.9. The number of nitrogens with zero attached hydrogens (tertiary/aromatic N) is 6. The van der Waals surface area contributed by atoms with Crippen LogP contribution in [-0.2, 0) is 5.41 Å². The number of hydrogen-bond donors (Lipinski definition) is 0. The van der Waals surface area contributed by atoms with Crippen molar-refractivity contribution in [1.82, 2.24) is 4.98 Å². The molecular formula is C46H32N6S. The van der Waals surface area contributed by atoms with Crippen molar-refractivity contribution in [3.63, 3.8) is 0 Å². The lowest BCUT2D eigenvalue weighted by Gasteiger charge is -2.42. The van der Waals surface area contributed by atoms with Gasteiger partial charge >= 0.3 is 0 Å². The van der Waals surface area contributed by atoms with Gasteiger partial charge in [0.1, 0.15) is 11.6 Å². The predicted octanol–water partition coefficient (Wildman–Crippen LogP) is 13.0. The summed E-state index contributed by atoms with van der Waals surface area (Å²) in [7, 11) is 0. The van der Waals surface area contributed by atoms with Crippen LogP contribution in [0.5, 0.6) is 0 Å². The van der Waals surface area contributed by atoms with Gasteiger partial charge in [-0.25, -0.2) is 9.83 Å². The molecule has 3 heterocycles. The van der Waals surface area contributed by atoms with Crippen molar-refractivity contribution in [2.24, 2.45) is 0 Å². The number of nitriles is 1. The van der Waals surface area contributed by atoms with Gasteiger partial charge in [0, 0.05) is 38.7 Å². The Morgan fingerprint density at radius 2 is 1.06 bits per heavy atom. The van der Waals surface area contributed by atoms with Crippen molar-refractivity contribution in [1.29, 1.82) is 5.26 Å². The van der Waals surface area contributed by atoms with E-state index in [2.05, 4.69) is 149 Å². The lowest BCUT2D eigenvalue weighted by molar-refractivity contribution is 0.631. The number of fused-ring (bicyclic) bond motifs is 4. The Balaban J connectivity index is 1.35. The average molecular weight is 701 g/mol. The summed E-state index contributed by atoms with van der Waals surface area (Å²) >= 11 is 1.76. The van der Waals surface area contributed by atoms with E-state index in [1.54, 1.807) is 11.8 Å². The van der Waals surface area contributed by atoms with E-state index in [0.29, 0.717) is 11.3 Å². The molecule has 0 fully saturated rings. The third kappa shape index (κ3) is 5.38. The molecule has 0 atom stereocenters. The minimum atomic E-state index is -0.231. The summed E-state index contributed by atoms with van der Waals surface area (Å²) < 4.78 is 0. The summed E-state index contributed by atoms with van der Waals surface area (Å²) in [6.07, 6.45) is 0. The highest BCUT2D eigenvalue weighted by atomic mass is 32.2. The molecule has 0 spiro atoms. The molecule has 0 bridgehead atoms. The number of rotatable bonds is 5. The Labute approximate surface area is 313 Å². The second-order valence-electron chi connectivity index (χ2n) is 13.5. The monoisotopic (exact) mass is 700 g/mol. The fourth-order valence-corrected chi connectivity index (χ4v) is 8.58. The highest BCUT2D eigenvalue weighted by Gasteiger charge is 2.38. The number of pyridine rings is 1. The van der Waals surface area contributed by atoms with Crippen LogP contribution < -0.4 is 14.7 Å². The molecule has 0 aliphatic carbocycles. The van der Waals surface area contributed by atoms with E-state index < -0.39 is 0 Å². The van der Waals surface area contributed by atoms with Crippen LogP contribution in [0.3, 0.4) is 0 Å². The molecule has 7 heteroatoms. The summed E-state index contributed by atoms with van der Waals surface area (Å²) in [5.74, 6) is 1.52. The maximum absolute atomic E-state index is 9.66. The van der Waals surface area contributed by atoms with Gasteiger partial charge in [-0.3, -0.25) is 9.80 Å². The maximum Gasteiger partial charge on any atom is 0.187 e. The van der Waals surface area contributed by atoms with E-state index in [0.717, 1.165) is 61.2 Å². The first-order valence-corrected chi connectivity index (χ1v) is 18.2. The molecule has 0 amide bonds.